The summed E-state index contributed by atoms with van der Waals surface area (Å²) in [6.07, 6.45) is 0. The van der Waals surface area contributed by atoms with Crippen molar-refractivity contribution >= 4 is 17.2 Å². The maximum Gasteiger partial charge on any atom is 0.165 e. The average molecular weight is 252 g/mol. The number of pyridine rings is 1. The summed E-state index contributed by atoms with van der Waals surface area (Å²) in [6.45, 7) is 4.95. The van der Waals surface area contributed by atoms with Crippen LogP contribution in [0.1, 0.15) is 5.82 Å². The highest BCUT2D eigenvalue weighted by Gasteiger charge is 2.13. The molecular formula is C11H14ClN5. The third-order valence-corrected chi connectivity index (χ3v) is 3.22. The number of hydrogen-bond acceptors (Lipinski definition) is 4. The Morgan fingerprint density at radius 1 is 1.29 bits per heavy atom. The number of halogens is 1. The molecule has 3 rings (SSSR count). The summed E-state index contributed by atoms with van der Waals surface area (Å²) in [7, 11) is 0. The number of fused-ring (bicyclic) bond motifs is 1. The number of nitrogens with zero attached hydrogens (tertiary/aromatic N) is 4. The monoisotopic (exact) mass is 251 g/mol. The molecule has 0 aliphatic carbocycles. The van der Waals surface area contributed by atoms with Crippen molar-refractivity contribution in [3.05, 3.63) is 29.2 Å². The standard InChI is InChI=1S/C11H14ClN5/c12-9-2-1-3-11-14-10(15-17(9)11)8-16-6-4-13-5-7-16/h1-3,13H,4-8H2. The summed E-state index contributed by atoms with van der Waals surface area (Å²) < 4.78 is 1.68. The molecule has 0 radical (unpaired) electrons. The van der Waals surface area contributed by atoms with Crippen molar-refractivity contribution in [1.82, 2.24) is 24.8 Å². The van der Waals surface area contributed by atoms with Crippen LogP contribution in [0, 0.1) is 0 Å². The molecule has 0 atom stereocenters. The first-order valence-electron chi connectivity index (χ1n) is 5.76. The molecule has 2 aromatic heterocycles. The molecule has 17 heavy (non-hydrogen) atoms. The molecule has 3 heterocycles. The van der Waals surface area contributed by atoms with Crippen LogP contribution in [0.25, 0.3) is 5.65 Å². The van der Waals surface area contributed by atoms with Crippen LogP contribution in [0.2, 0.25) is 5.15 Å². The quantitative estimate of drug-likeness (QED) is 0.802. The molecule has 6 heteroatoms. The fraction of sp³-hybridized carbons (Fsp3) is 0.455. The van der Waals surface area contributed by atoms with Gasteiger partial charge in [0.25, 0.3) is 0 Å². The Bertz CT molecular complexity index is 518. The van der Waals surface area contributed by atoms with Crippen molar-refractivity contribution in [3.8, 4) is 0 Å². The van der Waals surface area contributed by atoms with Crippen molar-refractivity contribution in [2.45, 2.75) is 6.54 Å². The molecule has 0 amide bonds. The van der Waals surface area contributed by atoms with Crippen LogP contribution in [0.5, 0.6) is 0 Å². The normalized spacial score (nSPS) is 17.7. The Kier molecular flexibility index (Phi) is 2.96. The van der Waals surface area contributed by atoms with Gasteiger partial charge < -0.3 is 5.32 Å². The molecular weight excluding hydrogens is 238 g/mol. The van der Waals surface area contributed by atoms with Crippen LogP contribution in [-0.2, 0) is 6.54 Å². The number of piperazine rings is 1. The zero-order valence-electron chi connectivity index (χ0n) is 9.43. The van der Waals surface area contributed by atoms with E-state index in [-0.39, 0.29) is 0 Å². The summed E-state index contributed by atoms with van der Waals surface area (Å²) in [5.41, 5.74) is 0.808. The largest absolute Gasteiger partial charge is 0.314 e. The fourth-order valence-corrected chi connectivity index (χ4v) is 2.25. The number of hydrogen-bond donors (Lipinski definition) is 1. The van der Waals surface area contributed by atoms with E-state index in [4.69, 9.17) is 11.6 Å². The van der Waals surface area contributed by atoms with Gasteiger partial charge >= 0.3 is 0 Å². The van der Waals surface area contributed by atoms with E-state index in [0.29, 0.717) is 5.15 Å². The van der Waals surface area contributed by atoms with E-state index >= 15 is 0 Å². The lowest BCUT2D eigenvalue weighted by atomic mass is 10.3. The first kappa shape index (κ1) is 11.0. The molecule has 1 N–H and O–H groups in total. The summed E-state index contributed by atoms with van der Waals surface area (Å²) in [5, 5.41) is 8.34. The van der Waals surface area contributed by atoms with Gasteiger partial charge in [0.2, 0.25) is 0 Å². The minimum atomic E-state index is 0.599. The second-order valence-electron chi connectivity index (χ2n) is 4.17. The lowest BCUT2D eigenvalue weighted by molar-refractivity contribution is 0.228. The second kappa shape index (κ2) is 4.60. The van der Waals surface area contributed by atoms with Gasteiger partial charge in [-0.3, -0.25) is 4.90 Å². The van der Waals surface area contributed by atoms with Crippen LogP contribution in [0.15, 0.2) is 18.2 Å². The maximum absolute atomic E-state index is 6.05. The van der Waals surface area contributed by atoms with Gasteiger partial charge in [-0.05, 0) is 12.1 Å². The summed E-state index contributed by atoms with van der Waals surface area (Å²) in [6, 6.07) is 5.62. The minimum absolute atomic E-state index is 0.599. The highest BCUT2D eigenvalue weighted by atomic mass is 35.5. The third-order valence-electron chi connectivity index (χ3n) is 2.93. The van der Waals surface area contributed by atoms with E-state index in [1.165, 1.54) is 0 Å². The Morgan fingerprint density at radius 2 is 2.12 bits per heavy atom. The molecule has 0 aromatic carbocycles. The van der Waals surface area contributed by atoms with E-state index in [1.807, 2.05) is 18.2 Å². The van der Waals surface area contributed by atoms with E-state index in [2.05, 4.69) is 20.3 Å². The van der Waals surface area contributed by atoms with Crippen LogP contribution in [0.4, 0.5) is 0 Å². The van der Waals surface area contributed by atoms with Gasteiger partial charge in [0, 0.05) is 26.2 Å². The van der Waals surface area contributed by atoms with E-state index in [1.54, 1.807) is 4.52 Å². The van der Waals surface area contributed by atoms with Crippen molar-refractivity contribution in [2.24, 2.45) is 0 Å². The third kappa shape index (κ3) is 2.26. The highest BCUT2D eigenvalue weighted by Crippen LogP contribution is 2.11. The maximum atomic E-state index is 6.05. The van der Waals surface area contributed by atoms with Crippen LogP contribution in [0.3, 0.4) is 0 Å². The predicted octanol–water partition coefficient (Wildman–Crippen LogP) is 0.788. The van der Waals surface area contributed by atoms with Gasteiger partial charge in [0.05, 0.1) is 6.54 Å². The first-order valence-corrected chi connectivity index (χ1v) is 6.14. The Morgan fingerprint density at radius 3 is 2.88 bits per heavy atom. The molecule has 0 unspecified atom stereocenters. The Hall–Kier alpha value is -1.17. The topological polar surface area (TPSA) is 45.5 Å². The predicted molar refractivity (Wildman–Crippen MR) is 66.1 cm³/mol. The Balaban J connectivity index is 1.83. The Labute approximate surface area is 104 Å². The second-order valence-corrected chi connectivity index (χ2v) is 4.56. The van der Waals surface area contributed by atoms with Gasteiger partial charge in [-0.1, -0.05) is 17.7 Å². The zero-order chi connectivity index (χ0) is 11.7. The minimum Gasteiger partial charge on any atom is -0.314 e. The fourth-order valence-electron chi connectivity index (χ4n) is 2.05. The summed E-state index contributed by atoms with van der Waals surface area (Å²) in [5.74, 6) is 0.833. The molecule has 1 fully saturated rings. The molecule has 1 aliphatic rings. The van der Waals surface area contributed by atoms with Crippen LogP contribution >= 0.6 is 11.6 Å². The van der Waals surface area contributed by atoms with Crippen molar-refractivity contribution in [1.29, 1.82) is 0 Å². The van der Waals surface area contributed by atoms with E-state index in [9.17, 15) is 0 Å². The summed E-state index contributed by atoms with van der Waals surface area (Å²) in [4.78, 5) is 6.82. The van der Waals surface area contributed by atoms with Gasteiger partial charge in [0.15, 0.2) is 11.5 Å². The van der Waals surface area contributed by atoms with Gasteiger partial charge in [-0.15, -0.1) is 5.10 Å². The van der Waals surface area contributed by atoms with Crippen LogP contribution < -0.4 is 5.32 Å². The van der Waals surface area contributed by atoms with E-state index in [0.717, 1.165) is 44.2 Å². The van der Waals surface area contributed by atoms with Gasteiger partial charge in [-0.2, -0.15) is 0 Å². The SMILES string of the molecule is Clc1cccc2nc(CN3CCNCC3)nn12. The van der Waals surface area contributed by atoms with E-state index < -0.39 is 0 Å². The molecule has 0 saturated carbocycles. The lowest BCUT2D eigenvalue weighted by Crippen LogP contribution is -2.43. The molecule has 0 spiro atoms. The van der Waals surface area contributed by atoms with Gasteiger partial charge in [-0.25, -0.2) is 9.50 Å². The highest BCUT2D eigenvalue weighted by molar-refractivity contribution is 6.29. The molecule has 2 aromatic rings. The summed E-state index contributed by atoms with van der Waals surface area (Å²) >= 11 is 6.05. The molecule has 1 saturated heterocycles. The first-order chi connectivity index (χ1) is 8.33. The molecule has 1 aliphatic heterocycles. The number of nitrogens with one attached hydrogen (secondary N) is 1. The van der Waals surface area contributed by atoms with Crippen LogP contribution in [-0.4, -0.2) is 45.7 Å². The smallest absolute Gasteiger partial charge is 0.165 e. The number of rotatable bonds is 2. The zero-order valence-corrected chi connectivity index (χ0v) is 10.2. The molecule has 90 valence electrons. The molecule has 0 bridgehead atoms. The number of aromatic nitrogens is 3. The van der Waals surface area contributed by atoms with Crippen molar-refractivity contribution in [2.75, 3.05) is 26.2 Å². The van der Waals surface area contributed by atoms with Gasteiger partial charge in [0.1, 0.15) is 5.15 Å². The molecule has 5 nitrogen and oxygen atoms in total. The van der Waals surface area contributed by atoms with Crippen molar-refractivity contribution in [3.63, 3.8) is 0 Å². The lowest BCUT2D eigenvalue weighted by Gasteiger charge is -2.25. The van der Waals surface area contributed by atoms with Crippen molar-refractivity contribution < 1.29 is 0 Å². The average Bonchev–Trinajstić information content (AvgIpc) is 2.74.